The zero-order valence-electron chi connectivity index (χ0n) is 21.6. The van der Waals surface area contributed by atoms with Crippen molar-refractivity contribution in [3.05, 3.63) is 0 Å². The summed E-state index contributed by atoms with van der Waals surface area (Å²) in [4.78, 5) is 0. The van der Waals surface area contributed by atoms with E-state index in [4.69, 9.17) is 0 Å². The van der Waals surface area contributed by atoms with Crippen LogP contribution in [0.3, 0.4) is 0 Å². The van der Waals surface area contributed by atoms with Crippen LogP contribution in [0.1, 0.15) is 94.9 Å². The van der Waals surface area contributed by atoms with Crippen molar-refractivity contribution in [2.24, 2.45) is 0 Å². The normalized spacial score (nSPS) is 17.0. The summed E-state index contributed by atoms with van der Waals surface area (Å²) in [6, 6.07) is 0. The van der Waals surface area contributed by atoms with Crippen LogP contribution in [0.4, 0.5) is 26.3 Å². The summed E-state index contributed by atoms with van der Waals surface area (Å²) in [7, 11) is -14.0. The van der Waals surface area contributed by atoms with Crippen LogP contribution in [-0.2, 0) is 20.0 Å². The van der Waals surface area contributed by atoms with E-state index in [1.54, 1.807) is 0 Å². The molecule has 0 aromatic rings. The van der Waals surface area contributed by atoms with Crippen LogP contribution in [0, 0.1) is 0 Å². The Kier molecular flexibility index (Phi) is 9.28. The number of nitrogens with zero attached hydrogens (tertiary/aromatic N) is 1. The number of halogens is 6. The van der Waals surface area contributed by atoms with Gasteiger partial charge in [0.05, 0.1) is 0 Å². The molecule has 5 nitrogen and oxygen atoms in total. The fourth-order valence-electron chi connectivity index (χ4n) is 6.47. The van der Waals surface area contributed by atoms with E-state index >= 15 is 0 Å². The Morgan fingerprint density at radius 2 is 0.882 bits per heavy atom. The molecule has 0 aliphatic carbocycles. The molecule has 0 aromatic heterocycles. The van der Waals surface area contributed by atoms with Crippen molar-refractivity contribution < 1.29 is 43.2 Å². The summed E-state index contributed by atoms with van der Waals surface area (Å²) in [6.45, 7) is 8.59. The fourth-order valence-corrected chi connectivity index (χ4v) is 28.1. The van der Waals surface area contributed by atoms with Crippen LogP contribution in [0.15, 0.2) is 0 Å². The van der Waals surface area contributed by atoms with Gasteiger partial charge in [-0.25, -0.2) is 0 Å². The molecule has 0 heterocycles. The quantitative estimate of drug-likeness (QED) is 0.174. The molecule has 0 aromatic carbocycles. The van der Waals surface area contributed by atoms with Gasteiger partial charge < -0.3 is 0 Å². The van der Waals surface area contributed by atoms with E-state index in [-0.39, 0.29) is 6.42 Å². The standard InChI is InChI=1S/C20H40F6NO4PS2/c1-11-12-13-14-15-32(16(2,3)4,17(5,6)7,18(8,9)10)27(33(28,29)19(21,22)23)34(30,31)20(24,25)26/h11-15H2,1-10H3. The molecule has 0 unspecified atom stereocenters. The first-order chi connectivity index (χ1) is 14.5. The van der Waals surface area contributed by atoms with Crippen LogP contribution in [0.25, 0.3) is 0 Å². The number of hydrogen-bond acceptors (Lipinski definition) is 4. The van der Waals surface area contributed by atoms with Crippen LogP contribution in [0.5, 0.6) is 0 Å². The van der Waals surface area contributed by atoms with Crippen LogP contribution < -0.4 is 0 Å². The fraction of sp³-hybridized carbons (Fsp3) is 1.00. The third kappa shape index (κ3) is 4.53. The summed E-state index contributed by atoms with van der Waals surface area (Å²) in [5.74, 6) is 0. The second-order valence-electron chi connectivity index (χ2n) is 11.6. The van der Waals surface area contributed by atoms with Gasteiger partial charge in [-0.1, -0.05) is 0 Å². The topological polar surface area (TPSA) is 71.5 Å². The third-order valence-corrected chi connectivity index (χ3v) is 24.3. The SMILES string of the molecule is CCCCCCP(N(S(=O)(=O)C(F)(F)F)S(=O)(=O)C(F)(F)F)(C(C)(C)C)(C(C)(C)C)C(C)(C)C. The zero-order chi connectivity index (χ0) is 28.1. The van der Waals surface area contributed by atoms with E-state index in [2.05, 4.69) is 0 Å². The Bertz CT molecular complexity index is 855. The van der Waals surface area contributed by atoms with Crippen molar-refractivity contribution in [3.63, 3.8) is 0 Å². The minimum absolute atomic E-state index is 0.0642. The number of hydrogen-bond donors (Lipinski definition) is 0. The van der Waals surface area contributed by atoms with Gasteiger partial charge >= 0.3 is 201 Å². The van der Waals surface area contributed by atoms with E-state index in [9.17, 15) is 43.2 Å². The summed E-state index contributed by atoms with van der Waals surface area (Å²) in [5, 5.41) is -4.82. The predicted octanol–water partition coefficient (Wildman–Crippen LogP) is 7.43. The third-order valence-electron chi connectivity index (χ3n) is 7.14. The molecule has 208 valence electrons. The van der Waals surface area contributed by atoms with Gasteiger partial charge in [-0.3, -0.25) is 0 Å². The summed E-state index contributed by atoms with van der Waals surface area (Å²) < 4.78 is 136. The summed E-state index contributed by atoms with van der Waals surface area (Å²) in [6.07, 6.45) is 1.33. The molecule has 0 bridgehead atoms. The molecule has 0 atom stereocenters. The van der Waals surface area contributed by atoms with E-state index in [0.29, 0.717) is 19.3 Å². The zero-order valence-corrected chi connectivity index (χ0v) is 24.2. The monoisotopic (exact) mass is 567 g/mol. The van der Waals surface area contributed by atoms with Crippen molar-refractivity contribution in [1.82, 2.24) is 3.48 Å². The summed E-state index contributed by atoms with van der Waals surface area (Å²) >= 11 is 0. The second-order valence-corrected chi connectivity index (χ2v) is 23.3. The Morgan fingerprint density at radius 3 is 1.09 bits per heavy atom. The molecular weight excluding hydrogens is 527 g/mol. The first kappa shape index (κ1) is 33.9. The van der Waals surface area contributed by atoms with Crippen molar-refractivity contribution in [2.45, 2.75) is 121 Å². The van der Waals surface area contributed by atoms with Gasteiger partial charge in [0.2, 0.25) is 0 Å². The van der Waals surface area contributed by atoms with Crippen LogP contribution >= 0.6 is 6.75 Å². The molecule has 0 N–H and O–H groups in total. The number of unbranched alkanes of at least 4 members (excludes halogenated alkanes) is 3. The molecule has 0 saturated heterocycles. The maximum absolute atomic E-state index is 14.1. The average Bonchev–Trinajstić information content (AvgIpc) is 2.51. The Hall–Kier alpha value is -0.130. The molecule has 0 rings (SSSR count). The molecule has 14 heteroatoms. The van der Waals surface area contributed by atoms with Gasteiger partial charge in [0.15, 0.2) is 0 Å². The van der Waals surface area contributed by atoms with Gasteiger partial charge in [0.1, 0.15) is 0 Å². The van der Waals surface area contributed by atoms with Crippen LogP contribution in [0.2, 0.25) is 0 Å². The van der Waals surface area contributed by atoms with Gasteiger partial charge in [0, 0.05) is 0 Å². The predicted molar refractivity (Wildman–Crippen MR) is 127 cm³/mol. The van der Waals surface area contributed by atoms with Crippen molar-refractivity contribution >= 4 is 26.8 Å². The molecule has 0 aliphatic rings. The molecule has 0 spiro atoms. The summed E-state index contributed by atoms with van der Waals surface area (Å²) in [5.41, 5.74) is -12.6. The Labute approximate surface area is 201 Å². The van der Waals surface area contributed by atoms with Crippen molar-refractivity contribution in [3.8, 4) is 0 Å². The molecule has 0 aliphatic heterocycles. The number of alkyl halides is 6. The number of rotatable bonds is 8. The first-order valence-electron chi connectivity index (χ1n) is 11.0. The molecule has 0 radical (unpaired) electrons. The number of sulfonamides is 2. The molecule has 0 fully saturated rings. The molecule has 0 saturated carbocycles. The van der Waals surface area contributed by atoms with Crippen LogP contribution in [-0.4, -0.2) is 53.0 Å². The van der Waals surface area contributed by atoms with E-state index in [1.165, 1.54) is 62.3 Å². The molecule has 0 amide bonds. The van der Waals surface area contributed by atoms with Crippen molar-refractivity contribution in [2.75, 3.05) is 6.16 Å². The Morgan fingerprint density at radius 1 is 0.588 bits per heavy atom. The van der Waals surface area contributed by atoms with E-state index in [0.717, 1.165) is 0 Å². The van der Waals surface area contributed by atoms with Crippen molar-refractivity contribution in [1.29, 1.82) is 0 Å². The minimum atomic E-state index is -7.00. The Balaban J connectivity index is 8.63. The van der Waals surface area contributed by atoms with Gasteiger partial charge in [-0.15, -0.1) is 0 Å². The first-order valence-corrected chi connectivity index (χ1v) is 16.2. The van der Waals surface area contributed by atoms with E-state index < -0.39 is 62.9 Å². The van der Waals surface area contributed by atoms with E-state index in [1.807, 2.05) is 6.92 Å². The van der Waals surface area contributed by atoms with Gasteiger partial charge in [0.25, 0.3) is 0 Å². The molecular formula is C20H40F6NO4PS2. The van der Waals surface area contributed by atoms with Gasteiger partial charge in [-0.05, 0) is 0 Å². The van der Waals surface area contributed by atoms with Gasteiger partial charge in [-0.2, -0.15) is 0 Å². The average molecular weight is 568 g/mol. The molecule has 34 heavy (non-hydrogen) atoms. The second kappa shape index (κ2) is 9.31. The maximum atomic E-state index is 14.1.